The summed E-state index contributed by atoms with van der Waals surface area (Å²) in [5.74, 6) is 0. The first-order valence-corrected chi connectivity index (χ1v) is 12.3. The third-order valence-electron chi connectivity index (χ3n) is 7.38. The predicted molar refractivity (Wildman–Crippen MR) is 153 cm³/mol. The average molecular weight is 457 g/mol. The van der Waals surface area contributed by atoms with E-state index in [4.69, 9.17) is 9.97 Å². The number of pyridine rings is 2. The minimum atomic E-state index is 0.993. The summed E-state index contributed by atoms with van der Waals surface area (Å²) in [7, 11) is 0. The van der Waals surface area contributed by atoms with E-state index >= 15 is 0 Å². The molecular weight excluding hydrogens is 436 g/mol. The number of benzene rings is 6. The van der Waals surface area contributed by atoms with Crippen molar-refractivity contribution >= 4 is 65.0 Å². The molecule has 0 fully saturated rings. The molecule has 0 bridgehead atoms. The summed E-state index contributed by atoms with van der Waals surface area (Å²) in [6, 6.07) is 43.0. The van der Waals surface area contributed by atoms with Crippen LogP contribution in [0.5, 0.6) is 0 Å². The molecule has 2 heterocycles. The molecule has 8 rings (SSSR count). The summed E-state index contributed by atoms with van der Waals surface area (Å²) in [6.07, 6.45) is 0. The maximum Gasteiger partial charge on any atom is 0.0794 e. The van der Waals surface area contributed by atoms with E-state index in [1.54, 1.807) is 0 Å². The van der Waals surface area contributed by atoms with Crippen molar-refractivity contribution in [3.8, 4) is 11.3 Å². The number of hydrogen-bond acceptors (Lipinski definition) is 2. The van der Waals surface area contributed by atoms with Gasteiger partial charge in [-0.1, -0.05) is 91.0 Å². The van der Waals surface area contributed by atoms with Gasteiger partial charge in [-0.2, -0.15) is 0 Å². The molecule has 0 saturated heterocycles. The molecule has 36 heavy (non-hydrogen) atoms. The molecule has 0 unspecified atom stereocenters. The van der Waals surface area contributed by atoms with Crippen LogP contribution in [0.3, 0.4) is 0 Å². The van der Waals surface area contributed by atoms with Gasteiger partial charge in [0.25, 0.3) is 0 Å². The predicted octanol–water partition coefficient (Wildman–Crippen LogP) is 9.06. The van der Waals surface area contributed by atoms with Gasteiger partial charge >= 0.3 is 0 Å². The van der Waals surface area contributed by atoms with Gasteiger partial charge in [0.15, 0.2) is 0 Å². The molecule has 6 aromatic carbocycles. The number of nitrogens with zero attached hydrogens (tertiary/aromatic N) is 2. The van der Waals surface area contributed by atoms with Crippen molar-refractivity contribution in [2.24, 2.45) is 0 Å². The SMILES string of the molecule is c1ccc2nc(-c3cc4c5ccccc5c5nc6ccccc6cc5c4c4ccccc34)ccc2c1. The molecule has 0 aliphatic carbocycles. The van der Waals surface area contributed by atoms with E-state index in [2.05, 4.69) is 121 Å². The molecule has 0 N–H and O–H groups in total. The molecule has 0 radical (unpaired) electrons. The molecule has 166 valence electrons. The molecule has 0 amide bonds. The second-order valence-electron chi connectivity index (χ2n) is 9.40. The van der Waals surface area contributed by atoms with Crippen molar-refractivity contribution in [2.75, 3.05) is 0 Å². The van der Waals surface area contributed by atoms with Crippen LogP contribution in [0.15, 0.2) is 121 Å². The lowest BCUT2D eigenvalue weighted by Gasteiger charge is -2.16. The van der Waals surface area contributed by atoms with Crippen LogP contribution in [-0.2, 0) is 0 Å². The summed E-state index contributed by atoms with van der Waals surface area (Å²) >= 11 is 0. The van der Waals surface area contributed by atoms with Crippen LogP contribution in [0.4, 0.5) is 0 Å². The summed E-state index contributed by atoms with van der Waals surface area (Å²) in [5.41, 5.74) is 5.24. The molecule has 2 heteroatoms. The minimum absolute atomic E-state index is 0.993. The van der Waals surface area contributed by atoms with Crippen LogP contribution in [0.2, 0.25) is 0 Å². The van der Waals surface area contributed by atoms with Gasteiger partial charge < -0.3 is 0 Å². The Labute approximate surface area is 207 Å². The molecule has 0 aliphatic heterocycles. The van der Waals surface area contributed by atoms with Crippen molar-refractivity contribution < 1.29 is 0 Å². The highest BCUT2D eigenvalue weighted by molar-refractivity contribution is 6.33. The highest BCUT2D eigenvalue weighted by Crippen LogP contribution is 2.42. The second-order valence-corrected chi connectivity index (χ2v) is 9.40. The zero-order valence-electron chi connectivity index (χ0n) is 19.4. The van der Waals surface area contributed by atoms with Crippen LogP contribution < -0.4 is 0 Å². The summed E-state index contributed by atoms with van der Waals surface area (Å²) in [5, 5.41) is 10.8. The monoisotopic (exact) mass is 456 g/mol. The Balaban J connectivity index is 1.60. The number of para-hydroxylation sites is 2. The number of rotatable bonds is 1. The van der Waals surface area contributed by atoms with Gasteiger partial charge in [-0.3, -0.25) is 0 Å². The Morgan fingerprint density at radius 2 is 1.03 bits per heavy atom. The Morgan fingerprint density at radius 1 is 0.389 bits per heavy atom. The maximum absolute atomic E-state index is 5.17. The smallest absolute Gasteiger partial charge is 0.0794 e. The summed E-state index contributed by atoms with van der Waals surface area (Å²) in [6.45, 7) is 0. The Kier molecular flexibility index (Phi) is 3.97. The van der Waals surface area contributed by atoms with Crippen molar-refractivity contribution in [3.63, 3.8) is 0 Å². The highest BCUT2D eigenvalue weighted by Gasteiger charge is 2.17. The standard InChI is InChI=1S/C34H20N2/c1-7-15-30-21(9-1)17-18-32(35-30)27-20-28-24-12-4-6-14-26(24)34-29(19-22-10-2-8-16-31(22)36-34)33(28)25-13-5-3-11-23(25)27/h1-20H. The van der Waals surface area contributed by atoms with E-state index in [9.17, 15) is 0 Å². The van der Waals surface area contributed by atoms with Crippen LogP contribution in [0.1, 0.15) is 0 Å². The van der Waals surface area contributed by atoms with E-state index in [1.807, 2.05) is 0 Å². The van der Waals surface area contributed by atoms with Crippen LogP contribution in [-0.4, -0.2) is 9.97 Å². The fourth-order valence-corrected chi connectivity index (χ4v) is 5.74. The van der Waals surface area contributed by atoms with Gasteiger partial charge in [0.05, 0.1) is 22.2 Å². The van der Waals surface area contributed by atoms with Gasteiger partial charge in [-0.05, 0) is 57.3 Å². The van der Waals surface area contributed by atoms with Crippen molar-refractivity contribution in [1.82, 2.24) is 9.97 Å². The Morgan fingerprint density at radius 3 is 1.86 bits per heavy atom. The third kappa shape index (κ3) is 2.73. The lowest BCUT2D eigenvalue weighted by molar-refractivity contribution is 1.41. The molecule has 0 spiro atoms. The quantitative estimate of drug-likeness (QED) is 0.182. The Hall–Kier alpha value is -4.82. The van der Waals surface area contributed by atoms with Gasteiger partial charge in [-0.25, -0.2) is 9.97 Å². The van der Waals surface area contributed by atoms with Gasteiger partial charge in [0.1, 0.15) is 0 Å². The van der Waals surface area contributed by atoms with Crippen molar-refractivity contribution in [2.45, 2.75) is 0 Å². The first-order valence-electron chi connectivity index (χ1n) is 12.3. The molecule has 2 aromatic heterocycles. The zero-order valence-corrected chi connectivity index (χ0v) is 19.4. The summed E-state index contributed by atoms with van der Waals surface area (Å²) in [4.78, 5) is 10.2. The van der Waals surface area contributed by atoms with E-state index in [0.717, 1.165) is 38.6 Å². The van der Waals surface area contributed by atoms with Gasteiger partial charge in [0.2, 0.25) is 0 Å². The maximum atomic E-state index is 5.17. The van der Waals surface area contributed by atoms with Crippen molar-refractivity contribution in [1.29, 1.82) is 0 Å². The fourth-order valence-electron chi connectivity index (χ4n) is 5.74. The van der Waals surface area contributed by atoms with Gasteiger partial charge in [0, 0.05) is 27.1 Å². The molecule has 0 aliphatic rings. The molecule has 8 aromatic rings. The molecular formula is C34H20N2. The van der Waals surface area contributed by atoms with E-state index in [0.29, 0.717) is 0 Å². The third-order valence-corrected chi connectivity index (χ3v) is 7.38. The minimum Gasteiger partial charge on any atom is -0.248 e. The zero-order chi connectivity index (χ0) is 23.6. The van der Waals surface area contributed by atoms with Crippen LogP contribution in [0.25, 0.3) is 76.3 Å². The average Bonchev–Trinajstić information content (AvgIpc) is 2.95. The normalized spacial score (nSPS) is 11.9. The van der Waals surface area contributed by atoms with Gasteiger partial charge in [-0.15, -0.1) is 0 Å². The molecule has 0 saturated carbocycles. The lowest BCUT2D eigenvalue weighted by Crippen LogP contribution is -1.92. The number of hydrogen-bond donors (Lipinski definition) is 0. The fraction of sp³-hybridized carbons (Fsp3) is 0. The largest absolute Gasteiger partial charge is 0.248 e. The van der Waals surface area contributed by atoms with Crippen LogP contribution >= 0.6 is 0 Å². The molecule has 0 atom stereocenters. The van der Waals surface area contributed by atoms with E-state index in [-0.39, 0.29) is 0 Å². The summed E-state index contributed by atoms with van der Waals surface area (Å²) < 4.78 is 0. The molecule has 2 nitrogen and oxygen atoms in total. The first kappa shape index (κ1) is 19.5. The first-order chi connectivity index (χ1) is 17.8. The Bertz CT molecular complexity index is 2160. The number of fused-ring (bicyclic) bond motifs is 10. The second kappa shape index (κ2) is 7.34. The lowest BCUT2D eigenvalue weighted by atomic mass is 9.89. The van der Waals surface area contributed by atoms with E-state index in [1.165, 1.54) is 37.7 Å². The van der Waals surface area contributed by atoms with Crippen molar-refractivity contribution in [3.05, 3.63) is 121 Å². The highest BCUT2D eigenvalue weighted by atomic mass is 14.7. The van der Waals surface area contributed by atoms with E-state index < -0.39 is 0 Å². The van der Waals surface area contributed by atoms with Crippen LogP contribution in [0, 0.1) is 0 Å². The number of aromatic nitrogens is 2. The topological polar surface area (TPSA) is 25.8 Å².